The van der Waals surface area contributed by atoms with Crippen molar-refractivity contribution in [1.82, 2.24) is 9.21 Å². The number of nitrogens with zero attached hydrogens (tertiary/aromatic N) is 2. The summed E-state index contributed by atoms with van der Waals surface area (Å²) in [5.74, 6) is -0.177. The molecule has 5 nitrogen and oxygen atoms in total. The van der Waals surface area contributed by atoms with Gasteiger partial charge in [-0.2, -0.15) is 0 Å². The SMILES string of the molecule is C=CC(=O)N1CCC(S(=O)(=O)N2CCCC2)C1. The number of likely N-dealkylation sites (tertiary alicyclic amines) is 1. The van der Waals surface area contributed by atoms with Crippen molar-refractivity contribution >= 4 is 15.9 Å². The highest BCUT2D eigenvalue weighted by Gasteiger charge is 2.38. The highest BCUT2D eigenvalue weighted by molar-refractivity contribution is 7.89. The van der Waals surface area contributed by atoms with E-state index in [2.05, 4.69) is 6.58 Å². The van der Waals surface area contributed by atoms with E-state index in [1.54, 1.807) is 9.21 Å². The van der Waals surface area contributed by atoms with Gasteiger partial charge in [0, 0.05) is 26.2 Å². The smallest absolute Gasteiger partial charge is 0.245 e. The van der Waals surface area contributed by atoms with E-state index in [-0.39, 0.29) is 5.91 Å². The van der Waals surface area contributed by atoms with Crippen molar-refractivity contribution in [2.45, 2.75) is 24.5 Å². The largest absolute Gasteiger partial charge is 0.338 e. The maximum Gasteiger partial charge on any atom is 0.245 e. The Labute approximate surface area is 102 Å². The number of amides is 1. The summed E-state index contributed by atoms with van der Waals surface area (Å²) in [6, 6.07) is 0. The molecule has 2 saturated heterocycles. The Kier molecular flexibility index (Phi) is 3.53. The van der Waals surface area contributed by atoms with Crippen molar-refractivity contribution in [3.8, 4) is 0 Å². The fraction of sp³-hybridized carbons (Fsp3) is 0.727. The fourth-order valence-electron chi connectivity index (χ4n) is 2.45. The number of sulfonamides is 1. The Morgan fingerprint density at radius 2 is 1.88 bits per heavy atom. The molecule has 0 saturated carbocycles. The summed E-state index contributed by atoms with van der Waals surface area (Å²) < 4.78 is 26.1. The van der Waals surface area contributed by atoms with Crippen LogP contribution in [0.1, 0.15) is 19.3 Å². The van der Waals surface area contributed by atoms with Crippen molar-refractivity contribution in [1.29, 1.82) is 0 Å². The lowest BCUT2D eigenvalue weighted by molar-refractivity contribution is -0.124. The van der Waals surface area contributed by atoms with E-state index >= 15 is 0 Å². The zero-order valence-corrected chi connectivity index (χ0v) is 10.7. The minimum atomic E-state index is -3.21. The maximum absolute atomic E-state index is 12.3. The minimum absolute atomic E-state index is 0.177. The van der Waals surface area contributed by atoms with Gasteiger partial charge in [0.1, 0.15) is 0 Å². The maximum atomic E-state index is 12.3. The molecule has 0 bridgehead atoms. The third-order valence-corrected chi connectivity index (χ3v) is 5.79. The van der Waals surface area contributed by atoms with Gasteiger partial charge in [-0.05, 0) is 25.3 Å². The molecule has 0 N–H and O–H groups in total. The predicted octanol–water partition coefficient (Wildman–Crippen LogP) is 0.199. The van der Waals surface area contributed by atoms with E-state index in [9.17, 15) is 13.2 Å². The molecule has 6 heteroatoms. The quantitative estimate of drug-likeness (QED) is 0.679. The zero-order chi connectivity index (χ0) is 12.5. The Morgan fingerprint density at radius 3 is 2.47 bits per heavy atom. The predicted molar refractivity (Wildman–Crippen MR) is 64.9 cm³/mol. The van der Waals surface area contributed by atoms with Crippen LogP contribution in [0.3, 0.4) is 0 Å². The van der Waals surface area contributed by atoms with Crippen LogP contribution in [-0.2, 0) is 14.8 Å². The van der Waals surface area contributed by atoms with Gasteiger partial charge in [0.15, 0.2) is 0 Å². The van der Waals surface area contributed by atoms with E-state index < -0.39 is 15.3 Å². The van der Waals surface area contributed by atoms with E-state index in [1.165, 1.54) is 6.08 Å². The number of carbonyl (C=O) groups excluding carboxylic acids is 1. The molecule has 17 heavy (non-hydrogen) atoms. The molecule has 1 atom stereocenters. The van der Waals surface area contributed by atoms with E-state index in [4.69, 9.17) is 0 Å². The van der Waals surface area contributed by atoms with Crippen molar-refractivity contribution < 1.29 is 13.2 Å². The second-order valence-corrected chi connectivity index (χ2v) is 6.76. The first-order valence-corrected chi connectivity index (χ1v) is 7.46. The molecule has 0 aromatic heterocycles. The van der Waals surface area contributed by atoms with E-state index in [0.29, 0.717) is 32.6 Å². The second kappa shape index (κ2) is 4.78. The molecule has 96 valence electrons. The van der Waals surface area contributed by atoms with Gasteiger partial charge in [-0.25, -0.2) is 12.7 Å². The summed E-state index contributed by atoms with van der Waals surface area (Å²) in [6.07, 6.45) is 3.67. The molecule has 2 heterocycles. The molecule has 0 aromatic carbocycles. The first-order valence-electron chi connectivity index (χ1n) is 5.96. The molecule has 0 aromatic rings. The first-order chi connectivity index (χ1) is 8.05. The van der Waals surface area contributed by atoms with Crippen LogP contribution in [0.15, 0.2) is 12.7 Å². The standard InChI is InChI=1S/C11H18N2O3S/c1-2-11(14)12-8-5-10(9-12)17(15,16)13-6-3-4-7-13/h2,10H,1,3-9H2. The molecule has 2 aliphatic heterocycles. The second-order valence-electron chi connectivity index (χ2n) is 4.55. The first kappa shape index (κ1) is 12.6. The van der Waals surface area contributed by atoms with E-state index in [0.717, 1.165) is 12.8 Å². The number of carbonyl (C=O) groups is 1. The molecule has 1 unspecified atom stereocenters. The summed E-state index contributed by atoms with van der Waals surface area (Å²) >= 11 is 0. The fourth-order valence-corrected chi connectivity index (χ4v) is 4.41. The highest BCUT2D eigenvalue weighted by Crippen LogP contribution is 2.23. The van der Waals surface area contributed by atoms with Crippen LogP contribution in [0.2, 0.25) is 0 Å². The molecule has 2 fully saturated rings. The lowest BCUT2D eigenvalue weighted by Gasteiger charge is -2.20. The van der Waals surface area contributed by atoms with Gasteiger partial charge in [0.2, 0.25) is 15.9 Å². The topological polar surface area (TPSA) is 57.7 Å². The average Bonchev–Trinajstić information content (AvgIpc) is 2.98. The highest BCUT2D eigenvalue weighted by atomic mass is 32.2. The molecule has 0 radical (unpaired) electrons. The molecule has 2 rings (SSSR count). The Bertz CT molecular complexity index is 412. The van der Waals surface area contributed by atoms with Gasteiger partial charge in [-0.3, -0.25) is 4.79 Å². The number of rotatable bonds is 3. The van der Waals surface area contributed by atoms with Crippen LogP contribution in [-0.4, -0.2) is 55.0 Å². The normalized spacial score (nSPS) is 26.4. The Balaban J connectivity index is 2.04. The van der Waals surface area contributed by atoms with Crippen molar-refractivity contribution in [3.63, 3.8) is 0 Å². The Morgan fingerprint density at radius 1 is 1.24 bits per heavy atom. The summed E-state index contributed by atoms with van der Waals surface area (Å²) in [4.78, 5) is 13.0. The number of hydrogen-bond acceptors (Lipinski definition) is 3. The summed E-state index contributed by atoms with van der Waals surface area (Å²) in [5.41, 5.74) is 0. The third kappa shape index (κ3) is 2.37. The molecule has 0 spiro atoms. The molecule has 2 aliphatic rings. The van der Waals surface area contributed by atoms with Crippen LogP contribution in [0.25, 0.3) is 0 Å². The van der Waals surface area contributed by atoms with Gasteiger partial charge < -0.3 is 4.90 Å². The van der Waals surface area contributed by atoms with Gasteiger partial charge in [-0.15, -0.1) is 0 Å². The van der Waals surface area contributed by atoms with Gasteiger partial charge in [-0.1, -0.05) is 6.58 Å². The monoisotopic (exact) mass is 258 g/mol. The zero-order valence-electron chi connectivity index (χ0n) is 9.84. The summed E-state index contributed by atoms with van der Waals surface area (Å²) in [5, 5.41) is -0.426. The third-order valence-electron chi connectivity index (χ3n) is 3.48. The van der Waals surface area contributed by atoms with E-state index in [1.807, 2.05) is 0 Å². The Hall–Kier alpha value is -0.880. The van der Waals surface area contributed by atoms with Crippen LogP contribution in [0.5, 0.6) is 0 Å². The summed E-state index contributed by atoms with van der Waals surface area (Å²) in [7, 11) is -3.21. The van der Waals surface area contributed by atoms with Gasteiger partial charge in [0.25, 0.3) is 0 Å². The summed E-state index contributed by atoms with van der Waals surface area (Å²) in [6.45, 7) is 5.51. The average molecular weight is 258 g/mol. The van der Waals surface area contributed by atoms with Crippen molar-refractivity contribution in [2.75, 3.05) is 26.2 Å². The van der Waals surface area contributed by atoms with Crippen LogP contribution in [0.4, 0.5) is 0 Å². The lowest BCUT2D eigenvalue weighted by Crippen LogP contribution is -2.39. The van der Waals surface area contributed by atoms with Crippen molar-refractivity contribution in [3.05, 3.63) is 12.7 Å². The van der Waals surface area contributed by atoms with Gasteiger partial charge in [0.05, 0.1) is 5.25 Å². The van der Waals surface area contributed by atoms with Crippen LogP contribution in [0, 0.1) is 0 Å². The molecular weight excluding hydrogens is 240 g/mol. The molecule has 1 amide bonds. The van der Waals surface area contributed by atoms with Gasteiger partial charge >= 0.3 is 0 Å². The van der Waals surface area contributed by atoms with Crippen molar-refractivity contribution in [2.24, 2.45) is 0 Å². The lowest BCUT2D eigenvalue weighted by atomic mass is 10.4. The molecular formula is C11H18N2O3S. The minimum Gasteiger partial charge on any atom is -0.338 e. The van der Waals surface area contributed by atoms with Crippen LogP contribution >= 0.6 is 0 Å². The van der Waals surface area contributed by atoms with Crippen LogP contribution < -0.4 is 0 Å². The number of hydrogen-bond donors (Lipinski definition) is 0. The molecule has 0 aliphatic carbocycles.